The van der Waals surface area contributed by atoms with Gasteiger partial charge in [-0.15, -0.1) is 0 Å². The van der Waals surface area contributed by atoms with Gasteiger partial charge in [-0.3, -0.25) is 4.79 Å². The summed E-state index contributed by atoms with van der Waals surface area (Å²) < 4.78 is 32.9. The maximum absolute atomic E-state index is 12.1. The van der Waals surface area contributed by atoms with E-state index >= 15 is 0 Å². The molecule has 0 radical (unpaired) electrons. The van der Waals surface area contributed by atoms with E-state index in [2.05, 4.69) is 14.8 Å². The molecule has 0 amide bonds. The van der Waals surface area contributed by atoms with Crippen molar-refractivity contribution >= 4 is 5.97 Å². The van der Waals surface area contributed by atoms with Gasteiger partial charge in [0, 0.05) is 6.04 Å². The minimum atomic E-state index is -2.85. The quantitative estimate of drug-likeness (QED) is 0.795. The monoisotopic (exact) mass is 259 g/mol. The van der Waals surface area contributed by atoms with Gasteiger partial charge in [0.1, 0.15) is 5.75 Å². The summed E-state index contributed by atoms with van der Waals surface area (Å²) in [5.74, 6) is -0.295. The Morgan fingerprint density at radius 2 is 2.17 bits per heavy atom. The number of hydrogen-bond donors (Lipinski definition) is 1. The number of hydrogen-bond acceptors (Lipinski definition) is 4. The normalized spacial score (nSPS) is 12.3. The molecule has 1 rings (SSSR count). The Balaban J connectivity index is 2.62. The molecule has 1 N–H and O–H groups in total. The van der Waals surface area contributed by atoms with Crippen LogP contribution in [-0.4, -0.2) is 26.2 Å². The Labute approximate surface area is 104 Å². The van der Waals surface area contributed by atoms with Crippen LogP contribution in [0.2, 0.25) is 0 Å². The molecule has 0 bridgehead atoms. The van der Waals surface area contributed by atoms with E-state index in [1.54, 1.807) is 12.1 Å². The maximum atomic E-state index is 12.1. The minimum absolute atomic E-state index is 0.0532. The Bertz CT molecular complexity index is 399. The van der Waals surface area contributed by atoms with E-state index in [1.807, 2.05) is 6.92 Å². The summed E-state index contributed by atoms with van der Waals surface area (Å²) in [5, 5.41) is 2.91. The molecule has 0 aliphatic rings. The van der Waals surface area contributed by atoms with Gasteiger partial charge in [0.2, 0.25) is 0 Å². The van der Waals surface area contributed by atoms with Crippen LogP contribution in [0.15, 0.2) is 24.3 Å². The number of benzene rings is 1. The number of rotatable bonds is 6. The van der Waals surface area contributed by atoms with Crippen molar-refractivity contribution in [3.05, 3.63) is 29.8 Å². The van der Waals surface area contributed by atoms with Gasteiger partial charge in [0.05, 0.1) is 13.7 Å². The lowest BCUT2D eigenvalue weighted by Crippen LogP contribution is -2.26. The fraction of sp³-hybridized carbons (Fsp3) is 0.417. The molecular weight excluding hydrogens is 244 g/mol. The Kier molecular flexibility index (Phi) is 5.51. The van der Waals surface area contributed by atoms with Gasteiger partial charge < -0.3 is 14.8 Å². The number of halogens is 2. The number of ether oxygens (including phenoxy) is 2. The van der Waals surface area contributed by atoms with Gasteiger partial charge in [-0.2, -0.15) is 8.78 Å². The van der Waals surface area contributed by atoms with E-state index in [0.29, 0.717) is 0 Å². The average Bonchev–Trinajstić information content (AvgIpc) is 2.35. The van der Waals surface area contributed by atoms with Crippen LogP contribution in [0, 0.1) is 0 Å². The molecule has 1 aromatic carbocycles. The third-order valence-electron chi connectivity index (χ3n) is 2.36. The summed E-state index contributed by atoms with van der Waals surface area (Å²) >= 11 is 0. The van der Waals surface area contributed by atoms with Crippen LogP contribution in [-0.2, 0) is 9.53 Å². The number of methoxy groups -OCH3 is 1. The zero-order valence-electron chi connectivity index (χ0n) is 10.2. The Morgan fingerprint density at radius 3 is 2.78 bits per heavy atom. The second kappa shape index (κ2) is 6.90. The second-order valence-electron chi connectivity index (χ2n) is 3.63. The molecule has 1 aromatic rings. The molecule has 18 heavy (non-hydrogen) atoms. The zero-order valence-corrected chi connectivity index (χ0v) is 10.2. The van der Waals surface area contributed by atoms with Crippen molar-refractivity contribution in [1.82, 2.24) is 5.32 Å². The smallest absolute Gasteiger partial charge is 0.387 e. The Morgan fingerprint density at radius 1 is 1.44 bits per heavy atom. The SMILES string of the molecule is COC(=O)CNC(C)c1cccc(OC(F)F)c1. The first-order valence-electron chi connectivity index (χ1n) is 5.38. The molecule has 0 aliphatic carbocycles. The van der Waals surface area contributed by atoms with Crippen molar-refractivity contribution in [1.29, 1.82) is 0 Å². The maximum Gasteiger partial charge on any atom is 0.387 e. The molecule has 6 heteroatoms. The van der Waals surface area contributed by atoms with Crippen molar-refractivity contribution in [3.8, 4) is 5.75 Å². The molecule has 0 saturated carbocycles. The highest BCUT2D eigenvalue weighted by Gasteiger charge is 2.10. The lowest BCUT2D eigenvalue weighted by Gasteiger charge is -2.14. The average molecular weight is 259 g/mol. The molecule has 0 fully saturated rings. The molecule has 1 atom stereocenters. The number of carbonyl (C=O) groups is 1. The minimum Gasteiger partial charge on any atom is -0.468 e. The van der Waals surface area contributed by atoms with Crippen molar-refractivity contribution in [2.75, 3.05) is 13.7 Å². The van der Waals surface area contributed by atoms with Crippen LogP contribution in [0.3, 0.4) is 0 Å². The third-order valence-corrected chi connectivity index (χ3v) is 2.36. The van der Waals surface area contributed by atoms with Gasteiger partial charge in [-0.1, -0.05) is 12.1 Å². The van der Waals surface area contributed by atoms with Gasteiger partial charge in [0.25, 0.3) is 0 Å². The predicted molar refractivity (Wildman–Crippen MR) is 61.5 cm³/mol. The molecule has 0 spiro atoms. The van der Waals surface area contributed by atoms with Crippen molar-refractivity contribution in [3.63, 3.8) is 0 Å². The van der Waals surface area contributed by atoms with Crippen LogP contribution in [0.4, 0.5) is 8.78 Å². The summed E-state index contributed by atoms with van der Waals surface area (Å²) in [7, 11) is 1.30. The molecule has 0 aliphatic heterocycles. The first-order chi connectivity index (χ1) is 8.52. The zero-order chi connectivity index (χ0) is 13.5. The highest BCUT2D eigenvalue weighted by molar-refractivity contribution is 5.71. The standard InChI is InChI=1S/C12H15F2NO3/c1-8(15-7-11(16)17-2)9-4-3-5-10(6-9)18-12(13)14/h3-6,8,12,15H,7H2,1-2H3. The van der Waals surface area contributed by atoms with Crippen LogP contribution in [0.1, 0.15) is 18.5 Å². The summed E-state index contributed by atoms with van der Waals surface area (Å²) in [4.78, 5) is 11.0. The number of esters is 1. The van der Waals surface area contributed by atoms with Crippen LogP contribution >= 0.6 is 0 Å². The van der Waals surface area contributed by atoms with E-state index in [1.165, 1.54) is 19.2 Å². The summed E-state index contributed by atoms with van der Waals surface area (Å²) in [6.07, 6.45) is 0. The van der Waals surface area contributed by atoms with Gasteiger partial charge in [0.15, 0.2) is 0 Å². The van der Waals surface area contributed by atoms with Crippen LogP contribution in [0.25, 0.3) is 0 Å². The largest absolute Gasteiger partial charge is 0.468 e. The molecule has 1 unspecified atom stereocenters. The molecule has 0 heterocycles. The summed E-state index contributed by atoms with van der Waals surface area (Å²) in [5.41, 5.74) is 0.747. The molecule has 100 valence electrons. The fourth-order valence-electron chi connectivity index (χ4n) is 1.39. The van der Waals surface area contributed by atoms with E-state index < -0.39 is 6.61 Å². The van der Waals surface area contributed by atoms with Crippen molar-refractivity contribution < 1.29 is 23.0 Å². The van der Waals surface area contributed by atoms with Crippen LogP contribution < -0.4 is 10.1 Å². The third kappa shape index (κ3) is 4.67. The van der Waals surface area contributed by atoms with Crippen molar-refractivity contribution in [2.24, 2.45) is 0 Å². The number of nitrogens with one attached hydrogen (secondary N) is 1. The molecule has 0 aromatic heterocycles. The molecular formula is C12H15F2NO3. The highest BCUT2D eigenvalue weighted by Crippen LogP contribution is 2.20. The van der Waals surface area contributed by atoms with E-state index in [-0.39, 0.29) is 24.3 Å². The second-order valence-corrected chi connectivity index (χ2v) is 3.63. The molecule has 4 nitrogen and oxygen atoms in total. The summed E-state index contributed by atoms with van der Waals surface area (Å²) in [6, 6.07) is 6.14. The first kappa shape index (κ1) is 14.4. The lowest BCUT2D eigenvalue weighted by molar-refractivity contribution is -0.139. The predicted octanol–water partition coefficient (Wildman–Crippen LogP) is 2.11. The van der Waals surface area contributed by atoms with E-state index in [0.717, 1.165) is 5.56 Å². The lowest BCUT2D eigenvalue weighted by atomic mass is 10.1. The summed E-state index contributed by atoms with van der Waals surface area (Å²) in [6.45, 7) is -0.985. The fourth-order valence-corrected chi connectivity index (χ4v) is 1.39. The van der Waals surface area contributed by atoms with E-state index in [4.69, 9.17) is 0 Å². The van der Waals surface area contributed by atoms with Crippen LogP contribution in [0.5, 0.6) is 5.75 Å². The number of alkyl halides is 2. The first-order valence-corrected chi connectivity index (χ1v) is 5.38. The van der Waals surface area contributed by atoms with Gasteiger partial charge >= 0.3 is 12.6 Å². The van der Waals surface area contributed by atoms with Gasteiger partial charge in [-0.25, -0.2) is 0 Å². The Hall–Kier alpha value is -1.69. The van der Waals surface area contributed by atoms with Gasteiger partial charge in [-0.05, 0) is 24.6 Å². The topological polar surface area (TPSA) is 47.6 Å². The molecule has 0 saturated heterocycles. The van der Waals surface area contributed by atoms with Crippen molar-refractivity contribution in [2.45, 2.75) is 19.6 Å². The number of carbonyl (C=O) groups excluding carboxylic acids is 1. The highest BCUT2D eigenvalue weighted by atomic mass is 19.3. The van der Waals surface area contributed by atoms with E-state index in [9.17, 15) is 13.6 Å².